The van der Waals surface area contributed by atoms with E-state index < -0.39 is 0 Å². The molecule has 0 amide bonds. The van der Waals surface area contributed by atoms with Crippen LogP contribution in [0.5, 0.6) is 11.5 Å². The van der Waals surface area contributed by atoms with E-state index >= 15 is 0 Å². The number of allylic oxidation sites excluding steroid dienone is 4. The molecule has 27 heavy (non-hydrogen) atoms. The van der Waals surface area contributed by atoms with Crippen molar-refractivity contribution in [2.45, 2.75) is 40.0 Å². The molecule has 2 nitrogen and oxygen atoms in total. The molecular weight excluding hydrogens is 332 g/mol. The second-order valence-corrected chi connectivity index (χ2v) is 7.05. The van der Waals surface area contributed by atoms with Crippen LogP contribution in [-0.4, -0.2) is 12.2 Å². The summed E-state index contributed by atoms with van der Waals surface area (Å²) in [5, 5.41) is 10.5. The molecule has 0 saturated heterocycles. The Morgan fingerprint density at radius 2 is 1.67 bits per heavy atom. The normalized spacial score (nSPS) is 11.6. The van der Waals surface area contributed by atoms with Crippen LogP contribution in [-0.2, 0) is 6.42 Å². The molecule has 0 heterocycles. The van der Waals surface area contributed by atoms with E-state index in [1.807, 2.05) is 36.4 Å². The minimum absolute atomic E-state index is 0.225. The maximum Gasteiger partial charge on any atom is 0.161 e. The van der Waals surface area contributed by atoms with Gasteiger partial charge in [-0.3, -0.25) is 0 Å². The summed E-state index contributed by atoms with van der Waals surface area (Å²) in [6.45, 7) is 6.39. The molecule has 2 aromatic carbocycles. The molecule has 0 aliphatic rings. The fraction of sp³-hybridized carbons (Fsp3) is 0.280. The first-order chi connectivity index (χ1) is 13.0. The number of phenols is 1. The molecule has 2 aromatic rings. The van der Waals surface area contributed by atoms with E-state index in [0.29, 0.717) is 12.2 Å². The van der Waals surface area contributed by atoms with Crippen LogP contribution in [0.2, 0.25) is 0 Å². The Kier molecular flexibility index (Phi) is 7.94. The SMILES string of the molecule is COc1cc(/C=C/c2ccccc2)cc(C/C=C(\C)CCC=C(C)C)c1O. The highest BCUT2D eigenvalue weighted by Gasteiger charge is 2.09. The molecule has 0 unspecified atom stereocenters. The molecule has 0 bridgehead atoms. The average molecular weight is 363 g/mol. The second kappa shape index (κ2) is 10.4. The van der Waals surface area contributed by atoms with Gasteiger partial charge >= 0.3 is 0 Å². The lowest BCUT2D eigenvalue weighted by Gasteiger charge is -2.10. The van der Waals surface area contributed by atoms with Gasteiger partial charge in [0.2, 0.25) is 0 Å². The number of methoxy groups -OCH3 is 1. The molecule has 0 aromatic heterocycles. The van der Waals surface area contributed by atoms with Gasteiger partial charge in [-0.05, 0) is 63.3 Å². The van der Waals surface area contributed by atoms with Crippen molar-refractivity contribution in [3.05, 3.63) is 82.5 Å². The number of ether oxygens (including phenoxy) is 1. The monoisotopic (exact) mass is 362 g/mol. The van der Waals surface area contributed by atoms with Gasteiger partial charge in [-0.15, -0.1) is 0 Å². The number of phenolic OH excluding ortho intramolecular Hbond substituents is 1. The quantitative estimate of drug-likeness (QED) is 0.413. The highest BCUT2D eigenvalue weighted by atomic mass is 16.5. The zero-order valence-corrected chi connectivity index (χ0v) is 16.8. The maximum absolute atomic E-state index is 10.5. The standard InChI is InChI=1S/C25H30O2/c1-19(2)9-8-10-20(3)13-16-23-17-22(18-24(27-4)25(23)26)15-14-21-11-6-5-7-12-21/h5-7,9,11-15,17-18,26H,8,10,16H2,1-4H3/b15-14+,20-13+. The van der Waals surface area contributed by atoms with Crippen LogP contribution < -0.4 is 4.74 Å². The van der Waals surface area contributed by atoms with Gasteiger partial charge in [0.05, 0.1) is 7.11 Å². The Balaban J connectivity index is 2.17. The third-order valence-corrected chi connectivity index (χ3v) is 4.43. The minimum Gasteiger partial charge on any atom is -0.504 e. The predicted molar refractivity (Wildman–Crippen MR) is 116 cm³/mol. The van der Waals surface area contributed by atoms with Crippen LogP contribution in [0.4, 0.5) is 0 Å². The molecule has 2 heteroatoms. The number of aromatic hydroxyl groups is 1. The van der Waals surface area contributed by atoms with Crippen LogP contribution in [0.15, 0.2) is 65.8 Å². The van der Waals surface area contributed by atoms with E-state index in [1.54, 1.807) is 7.11 Å². The van der Waals surface area contributed by atoms with E-state index in [2.05, 4.69) is 51.1 Å². The highest BCUT2D eigenvalue weighted by Crippen LogP contribution is 2.33. The topological polar surface area (TPSA) is 29.5 Å². The fourth-order valence-electron chi connectivity index (χ4n) is 2.83. The lowest BCUT2D eigenvalue weighted by atomic mass is 10.0. The number of rotatable bonds is 8. The summed E-state index contributed by atoms with van der Waals surface area (Å²) in [5.74, 6) is 0.735. The molecule has 0 spiro atoms. The van der Waals surface area contributed by atoms with Crippen molar-refractivity contribution in [3.8, 4) is 11.5 Å². The third kappa shape index (κ3) is 6.82. The number of hydrogen-bond acceptors (Lipinski definition) is 2. The van der Waals surface area contributed by atoms with Crippen LogP contribution in [0.3, 0.4) is 0 Å². The predicted octanol–water partition coefficient (Wildman–Crippen LogP) is 6.81. The number of hydrogen-bond donors (Lipinski definition) is 1. The maximum atomic E-state index is 10.5. The Bertz CT molecular complexity index is 823. The van der Waals surface area contributed by atoms with Crippen molar-refractivity contribution < 1.29 is 9.84 Å². The van der Waals surface area contributed by atoms with Crippen LogP contribution in [0.25, 0.3) is 12.2 Å². The Morgan fingerprint density at radius 1 is 0.963 bits per heavy atom. The van der Waals surface area contributed by atoms with Crippen LogP contribution in [0.1, 0.15) is 50.3 Å². The van der Waals surface area contributed by atoms with Crippen LogP contribution in [0, 0.1) is 0 Å². The lowest BCUT2D eigenvalue weighted by molar-refractivity contribution is 0.371. The van der Waals surface area contributed by atoms with E-state index in [9.17, 15) is 5.11 Å². The molecule has 0 radical (unpaired) electrons. The fourth-order valence-corrected chi connectivity index (χ4v) is 2.83. The van der Waals surface area contributed by atoms with Gasteiger partial charge < -0.3 is 9.84 Å². The number of benzene rings is 2. The molecule has 0 aliphatic carbocycles. The molecular formula is C25H30O2. The van der Waals surface area contributed by atoms with Crippen LogP contribution >= 0.6 is 0 Å². The molecule has 0 saturated carbocycles. The van der Waals surface area contributed by atoms with Gasteiger partial charge in [-0.1, -0.05) is 65.8 Å². The molecule has 142 valence electrons. The Hall–Kier alpha value is -2.74. The van der Waals surface area contributed by atoms with Gasteiger partial charge in [0.25, 0.3) is 0 Å². The molecule has 0 aliphatic heterocycles. The Morgan fingerprint density at radius 3 is 2.33 bits per heavy atom. The summed E-state index contributed by atoms with van der Waals surface area (Å²) in [7, 11) is 1.59. The first-order valence-corrected chi connectivity index (χ1v) is 9.41. The smallest absolute Gasteiger partial charge is 0.161 e. The van der Waals surface area contributed by atoms with Crippen molar-refractivity contribution in [1.82, 2.24) is 0 Å². The van der Waals surface area contributed by atoms with E-state index in [0.717, 1.165) is 29.5 Å². The van der Waals surface area contributed by atoms with Crippen molar-refractivity contribution in [2.24, 2.45) is 0 Å². The summed E-state index contributed by atoms with van der Waals surface area (Å²) >= 11 is 0. The molecule has 2 rings (SSSR count). The lowest BCUT2D eigenvalue weighted by Crippen LogP contribution is -1.92. The third-order valence-electron chi connectivity index (χ3n) is 4.43. The van der Waals surface area contributed by atoms with Crippen molar-refractivity contribution in [1.29, 1.82) is 0 Å². The van der Waals surface area contributed by atoms with Gasteiger partial charge in [0.15, 0.2) is 11.5 Å². The van der Waals surface area contributed by atoms with E-state index in [4.69, 9.17) is 4.74 Å². The Labute approximate surface area is 163 Å². The zero-order valence-electron chi connectivity index (χ0n) is 16.8. The van der Waals surface area contributed by atoms with Gasteiger partial charge in [0.1, 0.15) is 0 Å². The second-order valence-electron chi connectivity index (χ2n) is 7.05. The van der Waals surface area contributed by atoms with Crippen molar-refractivity contribution in [2.75, 3.05) is 7.11 Å². The van der Waals surface area contributed by atoms with E-state index in [-0.39, 0.29) is 5.75 Å². The highest BCUT2D eigenvalue weighted by molar-refractivity contribution is 5.71. The van der Waals surface area contributed by atoms with Gasteiger partial charge in [0, 0.05) is 5.56 Å². The summed E-state index contributed by atoms with van der Waals surface area (Å²) in [4.78, 5) is 0. The first kappa shape index (κ1) is 20.6. The summed E-state index contributed by atoms with van der Waals surface area (Å²) < 4.78 is 5.36. The largest absolute Gasteiger partial charge is 0.504 e. The first-order valence-electron chi connectivity index (χ1n) is 9.41. The summed E-state index contributed by atoms with van der Waals surface area (Å²) in [6, 6.07) is 14.1. The van der Waals surface area contributed by atoms with E-state index in [1.165, 1.54) is 11.1 Å². The summed E-state index contributed by atoms with van der Waals surface area (Å²) in [6.07, 6.45) is 11.3. The summed E-state index contributed by atoms with van der Waals surface area (Å²) in [5.41, 5.74) is 5.71. The van der Waals surface area contributed by atoms with Gasteiger partial charge in [-0.25, -0.2) is 0 Å². The molecule has 0 atom stereocenters. The molecule has 1 N–H and O–H groups in total. The minimum atomic E-state index is 0.225. The van der Waals surface area contributed by atoms with Crippen molar-refractivity contribution >= 4 is 12.2 Å². The zero-order chi connectivity index (χ0) is 19.6. The van der Waals surface area contributed by atoms with Crippen molar-refractivity contribution in [3.63, 3.8) is 0 Å². The molecule has 0 fully saturated rings. The van der Waals surface area contributed by atoms with Gasteiger partial charge in [-0.2, -0.15) is 0 Å². The average Bonchev–Trinajstić information content (AvgIpc) is 2.66.